The molecular weight excluding hydrogens is 328 g/mol. The summed E-state index contributed by atoms with van der Waals surface area (Å²) in [5, 5.41) is 13.6. The van der Waals surface area contributed by atoms with E-state index in [9.17, 15) is 14.9 Å². The van der Waals surface area contributed by atoms with Crippen LogP contribution in [-0.2, 0) is 4.79 Å². The average molecular weight is 346 g/mol. The fourth-order valence-corrected chi connectivity index (χ4v) is 2.04. The van der Waals surface area contributed by atoms with Gasteiger partial charge in [0.25, 0.3) is 11.6 Å². The van der Waals surface area contributed by atoms with Crippen LogP contribution in [0, 0.1) is 10.1 Å². The number of carbonyl (C=O) groups excluding carboxylic acids is 1. The number of methoxy groups -OCH3 is 2. The Balaban J connectivity index is 2.08. The van der Waals surface area contributed by atoms with Gasteiger partial charge in [-0.3, -0.25) is 14.9 Å². The van der Waals surface area contributed by atoms with Crippen LogP contribution in [0.15, 0.2) is 42.5 Å². The normalized spacial score (nSPS) is 11.3. The van der Waals surface area contributed by atoms with Gasteiger partial charge in [0, 0.05) is 0 Å². The maximum absolute atomic E-state index is 12.3. The number of nitrogens with one attached hydrogen (secondary N) is 1. The van der Waals surface area contributed by atoms with E-state index >= 15 is 0 Å². The molecule has 0 heterocycles. The molecule has 2 rings (SSSR count). The fraction of sp³-hybridized carbons (Fsp3) is 0.235. The topological polar surface area (TPSA) is 99.9 Å². The lowest BCUT2D eigenvalue weighted by atomic mass is 10.2. The SMILES string of the molecule is COc1ccc(O[C@H](C)C(=O)Nc2ccc(OC)cc2[N+](=O)[O-])cc1. The van der Waals surface area contributed by atoms with Crippen LogP contribution in [0.2, 0.25) is 0 Å². The van der Waals surface area contributed by atoms with Crippen LogP contribution in [0.3, 0.4) is 0 Å². The van der Waals surface area contributed by atoms with E-state index in [0.29, 0.717) is 17.2 Å². The van der Waals surface area contributed by atoms with E-state index < -0.39 is 16.9 Å². The van der Waals surface area contributed by atoms with E-state index in [2.05, 4.69) is 5.32 Å². The first-order valence-electron chi connectivity index (χ1n) is 7.38. The molecule has 0 saturated carbocycles. The summed E-state index contributed by atoms with van der Waals surface area (Å²) in [6.07, 6.45) is -0.852. The van der Waals surface area contributed by atoms with Crippen molar-refractivity contribution >= 4 is 17.3 Å². The fourth-order valence-electron chi connectivity index (χ4n) is 2.04. The molecule has 0 fully saturated rings. The molecule has 8 nitrogen and oxygen atoms in total. The van der Waals surface area contributed by atoms with Crippen LogP contribution < -0.4 is 19.5 Å². The van der Waals surface area contributed by atoms with Crippen molar-refractivity contribution in [2.45, 2.75) is 13.0 Å². The molecule has 0 aliphatic carbocycles. The average Bonchev–Trinajstić information content (AvgIpc) is 2.62. The lowest BCUT2D eigenvalue weighted by Gasteiger charge is -2.15. The van der Waals surface area contributed by atoms with Crippen LogP contribution in [-0.4, -0.2) is 31.2 Å². The summed E-state index contributed by atoms with van der Waals surface area (Å²) >= 11 is 0. The molecule has 0 aliphatic heterocycles. The third-order valence-electron chi connectivity index (χ3n) is 3.40. The van der Waals surface area contributed by atoms with E-state index in [1.165, 1.54) is 25.3 Å². The molecule has 0 aliphatic rings. The second kappa shape index (κ2) is 8.00. The largest absolute Gasteiger partial charge is 0.497 e. The predicted molar refractivity (Wildman–Crippen MR) is 91.4 cm³/mol. The summed E-state index contributed by atoms with van der Waals surface area (Å²) in [4.78, 5) is 22.8. The molecular formula is C17H18N2O6. The summed E-state index contributed by atoms with van der Waals surface area (Å²) in [6, 6.07) is 10.9. The highest BCUT2D eigenvalue weighted by Crippen LogP contribution is 2.29. The van der Waals surface area contributed by atoms with Crippen LogP contribution >= 0.6 is 0 Å². The molecule has 1 N–H and O–H groups in total. The first kappa shape index (κ1) is 18.1. The van der Waals surface area contributed by atoms with Gasteiger partial charge in [0.1, 0.15) is 22.9 Å². The van der Waals surface area contributed by atoms with Gasteiger partial charge >= 0.3 is 0 Å². The van der Waals surface area contributed by atoms with Crippen molar-refractivity contribution in [2.24, 2.45) is 0 Å². The summed E-state index contributed by atoms with van der Waals surface area (Å²) in [5.74, 6) is 0.960. The highest BCUT2D eigenvalue weighted by molar-refractivity contribution is 5.96. The lowest BCUT2D eigenvalue weighted by Crippen LogP contribution is -2.30. The van der Waals surface area contributed by atoms with Gasteiger partial charge in [0.15, 0.2) is 6.10 Å². The molecule has 0 aromatic heterocycles. The van der Waals surface area contributed by atoms with Gasteiger partial charge < -0.3 is 19.5 Å². The number of nitro benzene ring substituents is 1. The Morgan fingerprint density at radius 3 is 2.16 bits per heavy atom. The van der Waals surface area contributed by atoms with Crippen molar-refractivity contribution in [3.05, 3.63) is 52.6 Å². The quantitative estimate of drug-likeness (QED) is 0.611. The van der Waals surface area contributed by atoms with Crippen LogP contribution in [0.25, 0.3) is 0 Å². The number of benzene rings is 2. The zero-order valence-corrected chi connectivity index (χ0v) is 14.0. The molecule has 1 atom stereocenters. The molecule has 0 unspecified atom stereocenters. The Hall–Kier alpha value is -3.29. The third-order valence-corrected chi connectivity index (χ3v) is 3.40. The molecule has 25 heavy (non-hydrogen) atoms. The molecule has 0 spiro atoms. The number of rotatable bonds is 7. The van der Waals surface area contributed by atoms with Gasteiger partial charge in [-0.15, -0.1) is 0 Å². The molecule has 0 saturated heterocycles. The van der Waals surface area contributed by atoms with E-state index in [0.717, 1.165) is 0 Å². The number of nitro groups is 1. The number of amides is 1. The Morgan fingerprint density at radius 2 is 1.60 bits per heavy atom. The van der Waals surface area contributed by atoms with Crippen molar-refractivity contribution < 1.29 is 23.9 Å². The number of ether oxygens (including phenoxy) is 3. The minimum absolute atomic E-state index is 0.0704. The Labute approximate surface area is 144 Å². The standard InChI is InChI=1S/C17H18N2O6/c1-11(25-13-6-4-12(23-2)5-7-13)17(20)18-15-9-8-14(24-3)10-16(15)19(21)22/h4-11H,1-3H3,(H,18,20)/t11-/m1/s1. The summed E-state index contributed by atoms with van der Waals surface area (Å²) in [6.45, 7) is 1.55. The van der Waals surface area contributed by atoms with Gasteiger partial charge in [0.05, 0.1) is 25.2 Å². The molecule has 132 valence electrons. The molecule has 0 bridgehead atoms. The van der Waals surface area contributed by atoms with E-state index in [-0.39, 0.29) is 11.4 Å². The first-order chi connectivity index (χ1) is 11.9. The minimum atomic E-state index is -0.852. The maximum atomic E-state index is 12.3. The minimum Gasteiger partial charge on any atom is -0.497 e. The third kappa shape index (κ3) is 4.60. The summed E-state index contributed by atoms with van der Waals surface area (Å²) < 4.78 is 15.5. The van der Waals surface area contributed by atoms with Crippen molar-refractivity contribution in [1.29, 1.82) is 0 Å². The van der Waals surface area contributed by atoms with E-state index in [4.69, 9.17) is 14.2 Å². The van der Waals surface area contributed by atoms with E-state index in [1.807, 2.05) is 0 Å². The van der Waals surface area contributed by atoms with Crippen LogP contribution in [0.4, 0.5) is 11.4 Å². The summed E-state index contributed by atoms with van der Waals surface area (Å²) in [7, 11) is 2.95. The molecule has 1 amide bonds. The Bertz CT molecular complexity index is 760. The highest BCUT2D eigenvalue weighted by Gasteiger charge is 2.21. The summed E-state index contributed by atoms with van der Waals surface area (Å²) in [5.41, 5.74) is -0.190. The van der Waals surface area contributed by atoms with Crippen molar-refractivity contribution in [3.63, 3.8) is 0 Å². The first-order valence-corrected chi connectivity index (χ1v) is 7.38. The van der Waals surface area contributed by atoms with Crippen molar-refractivity contribution in [1.82, 2.24) is 0 Å². The molecule has 2 aromatic rings. The number of nitrogens with zero attached hydrogens (tertiary/aromatic N) is 1. The molecule has 0 radical (unpaired) electrons. The molecule has 8 heteroatoms. The maximum Gasteiger partial charge on any atom is 0.296 e. The van der Waals surface area contributed by atoms with Gasteiger partial charge in [-0.05, 0) is 43.3 Å². The van der Waals surface area contributed by atoms with Gasteiger partial charge in [-0.2, -0.15) is 0 Å². The monoisotopic (exact) mass is 346 g/mol. The number of hydrogen-bond donors (Lipinski definition) is 1. The predicted octanol–water partition coefficient (Wildman–Crippen LogP) is 3.02. The number of hydrogen-bond acceptors (Lipinski definition) is 6. The number of anilines is 1. The van der Waals surface area contributed by atoms with Crippen LogP contribution in [0.5, 0.6) is 17.2 Å². The zero-order chi connectivity index (χ0) is 18.4. The van der Waals surface area contributed by atoms with E-state index in [1.54, 1.807) is 38.3 Å². The highest BCUT2D eigenvalue weighted by atomic mass is 16.6. The second-order valence-electron chi connectivity index (χ2n) is 5.07. The Morgan fingerprint density at radius 1 is 1.04 bits per heavy atom. The van der Waals surface area contributed by atoms with Crippen LogP contribution in [0.1, 0.15) is 6.92 Å². The van der Waals surface area contributed by atoms with Crippen molar-refractivity contribution in [2.75, 3.05) is 19.5 Å². The zero-order valence-electron chi connectivity index (χ0n) is 14.0. The van der Waals surface area contributed by atoms with Gasteiger partial charge in [0.2, 0.25) is 0 Å². The molecule has 2 aromatic carbocycles. The Kier molecular flexibility index (Phi) is 5.78. The second-order valence-corrected chi connectivity index (χ2v) is 5.07. The van der Waals surface area contributed by atoms with Gasteiger partial charge in [-0.25, -0.2) is 0 Å². The lowest BCUT2D eigenvalue weighted by molar-refractivity contribution is -0.384. The van der Waals surface area contributed by atoms with Gasteiger partial charge in [-0.1, -0.05) is 0 Å². The smallest absolute Gasteiger partial charge is 0.296 e. The number of carbonyl (C=O) groups is 1. The van der Waals surface area contributed by atoms with Crippen molar-refractivity contribution in [3.8, 4) is 17.2 Å².